The molecule has 1 aromatic rings. The Morgan fingerprint density at radius 2 is 1.91 bits per heavy atom. The maximum Gasteiger partial charge on any atom is 0.329 e. The maximum atomic E-state index is 12.8. The Morgan fingerprint density at radius 3 is 2.52 bits per heavy atom. The Morgan fingerprint density at radius 1 is 1.26 bits per heavy atom. The van der Waals surface area contributed by atoms with Gasteiger partial charge in [-0.1, -0.05) is 29.8 Å². The van der Waals surface area contributed by atoms with E-state index in [1.807, 2.05) is 31.2 Å². The topological polar surface area (TPSA) is 84.9 Å². The summed E-state index contributed by atoms with van der Waals surface area (Å²) in [6, 6.07) is 8.02. The molecule has 0 bridgehead atoms. The fourth-order valence-corrected chi connectivity index (χ4v) is 2.80. The van der Waals surface area contributed by atoms with Gasteiger partial charge < -0.3 is 19.9 Å². The average molecular weight is 321 g/mol. The number of aryl methyl sites for hydroxylation is 1. The molecule has 0 spiro atoms. The number of nitrogens with one attached hydrogen (secondary N) is 1. The standard InChI is InChI=1S/C17H23NO5/c1-13-2-4-14(5-3-13)17(6-9-22-10-7-17)16(21)18-8-11-23-12-15(19)20/h2-5H,6-12H2,1H3,(H,18,21)(H,19,20). The fourth-order valence-electron chi connectivity index (χ4n) is 2.80. The van der Waals surface area contributed by atoms with Gasteiger partial charge in [-0.25, -0.2) is 4.79 Å². The highest BCUT2D eigenvalue weighted by molar-refractivity contribution is 5.88. The molecule has 1 aliphatic rings. The van der Waals surface area contributed by atoms with E-state index < -0.39 is 11.4 Å². The van der Waals surface area contributed by atoms with Crippen molar-refractivity contribution < 1.29 is 24.2 Å². The molecule has 1 saturated heterocycles. The molecule has 2 N–H and O–H groups in total. The summed E-state index contributed by atoms with van der Waals surface area (Å²) in [5, 5.41) is 11.4. The van der Waals surface area contributed by atoms with E-state index in [1.165, 1.54) is 0 Å². The molecule has 2 rings (SSSR count). The number of benzene rings is 1. The first-order valence-electron chi connectivity index (χ1n) is 7.77. The first-order chi connectivity index (χ1) is 11.0. The van der Waals surface area contributed by atoms with Crippen LogP contribution in [-0.4, -0.2) is 50.0 Å². The lowest BCUT2D eigenvalue weighted by Gasteiger charge is -2.36. The van der Waals surface area contributed by atoms with E-state index in [2.05, 4.69) is 5.32 Å². The van der Waals surface area contributed by atoms with Gasteiger partial charge in [0, 0.05) is 19.8 Å². The Bertz CT molecular complexity index is 534. The van der Waals surface area contributed by atoms with Crippen LogP contribution < -0.4 is 5.32 Å². The van der Waals surface area contributed by atoms with Crippen LogP contribution in [0.3, 0.4) is 0 Å². The first kappa shape index (κ1) is 17.4. The van der Waals surface area contributed by atoms with Crippen molar-refractivity contribution in [2.24, 2.45) is 0 Å². The largest absolute Gasteiger partial charge is 0.480 e. The number of aliphatic carboxylic acids is 1. The molecule has 1 fully saturated rings. The number of carboxylic acid groups (broad SMARTS) is 1. The summed E-state index contributed by atoms with van der Waals surface area (Å²) in [5.74, 6) is -1.07. The molecule has 0 aliphatic carbocycles. The molecular formula is C17H23NO5. The smallest absolute Gasteiger partial charge is 0.329 e. The Labute approximate surface area is 135 Å². The van der Waals surface area contributed by atoms with Gasteiger partial charge in [0.15, 0.2) is 0 Å². The Hall–Kier alpha value is -1.92. The number of carbonyl (C=O) groups is 2. The molecule has 1 amide bonds. The van der Waals surface area contributed by atoms with Gasteiger partial charge in [-0.15, -0.1) is 0 Å². The molecule has 0 atom stereocenters. The predicted molar refractivity (Wildman–Crippen MR) is 84.4 cm³/mol. The SMILES string of the molecule is Cc1ccc(C2(C(=O)NCCOCC(=O)O)CCOCC2)cc1. The highest BCUT2D eigenvalue weighted by atomic mass is 16.5. The van der Waals surface area contributed by atoms with Crippen LogP contribution in [0.4, 0.5) is 0 Å². The third kappa shape index (κ3) is 4.53. The molecule has 1 aliphatic heterocycles. The van der Waals surface area contributed by atoms with Crippen molar-refractivity contribution in [2.45, 2.75) is 25.2 Å². The number of hydrogen-bond acceptors (Lipinski definition) is 4. The van der Waals surface area contributed by atoms with E-state index in [9.17, 15) is 9.59 Å². The number of carbonyl (C=O) groups excluding carboxylic acids is 1. The summed E-state index contributed by atoms with van der Waals surface area (Å²) in [6.07, 6.45) is 1.27. The highest BCUT2D eigenvalue weighted by Crippen LogP contribution is 2.35. The van der Waals surface area contributed by atoms with Crippen molar-refractivity contribution in [3.8, 4) is 0 Å². The second-order valence-electron chi connectivity index (χ2n) is 5.76. The number of rotatable bonds is 7. The van der Waals surface area contributed by atoms with Crippen molar-refractivity contribution in [1.29, 1.82) is 0 Å². The summed E-state index contributed by atoms with van der Waals surface area (Å²) < 4.78 is 10.4. The molecule has 126 valence electrons. The van der Waals surface area contributed by atoms with Gasteiger partial charge in [-0.05, 0) is 25.3 Å². The normalized spacial score (nSPS) is 16.7. The molecule has 6 nitrogen and oxygen atoms in total. The van der Waals surface area contributed by atoms with Crippen LogP contribution in [0, 0.1) is 6.92 Å². The molecule has 6 heteroatoms. The van der Waals surface area contributed by atoms with Crippen LogP contribution in [0.15, 0.2) is 24.3 Å². The fraction of sp³-hybridized carbons (Fsp3) is 0.529. The van der Waals surface area contributed by atoms with Gasteiger partial charge in [-0.2, -0.15) is 0 Å². The average Bonchev–Trinajstić information content (AvgIpc) is 2.55. The van der Waals surface area contributed by atoms with Crippen molar-refractivity contribution in [2.75, 3.05) is 33.0 Å². The summed E-state index contributed by atoms with van der Waals surface area (Å²) in [4.78, 5) is 23.1. The minimum Gasteiger partial charge on any atom is -0.480 e. The number of hydrogen-bond donors (Lipinski definition) is 2. The number of amides is 1. The van der Waals surface area contributed by atoms with Gasteiger partial charge in [0.05, 0.1) is 12.0 Å². The molecule has 0 aromatic heterocycles. The van der Waals surface area contributed by atoms with Crippen molar-refractivity contribution in [3.05, 3.63) is 35.4 Å². The highest BCUT2D eigenvalue weighted by Gasteiger charge is 2.41. The second-order valence-corrected chi connectivity index (χ2v) is 5.76. The van der Waals surface area contributed by atoms with E-state index in [0.717, 1.165) is 11.1 Å². The van der Waals surface area contributed by atoms with Crippen LogP contribution in [-0.2, 0) is 24.5 Å². The number of ether oxygens (including phenoxy) is 2. The second kappa shape index (κ2) is 8.08. The van der Waals surface area contributed by atoms with E-state index in [0.29, 0.717) is 32.6 Å². The number of carboxylic acids is 1. The molecule has 0 radical (unpaired) electrons. The van der Waals surface area contributed by atoms with Crippen molar-refractivity contribution >= 4 is 11.9 Å². The Kier molecular flexibility index (Phi) is 6.12. The summed E-state index contributed by atoms with van der Waals surface area (Å²) >= 11 is 0. The summed E-state index contributed by atoms with van der Waals surface area (Å²) in [7, 11) is 0. The zero-order chi connectivity index (χ0) is 16.7. The quantitative estimate of drug-likeness (QED) is 0.739. The minimum absolute atomic E-state index is 0.0522. The van der Waals surface area contributed by atoms with Crippen LogP contribution in [0.1, 0.15) is 24.0 Å². The van der Waals surface area contributed by atoms with Gasteiger partial charge in [0.25, 0.3) is 0 Å². The van der Waals surface area contributed by atoms with Crippen LogP contribution in [0.25, 0.3) is 0 Å². The van der Waals surface area contributed by atoms with Gasteiger partial charge in [0.2, 0.25) is 5.91 Å². The molecule has 1 heterocycles. The zero-order valence-electron chi connectivity index (χ0n) is 13.3. The molecule has 0 unspecified atom stereocenters. The predicted octanol–water partition coefficient (Wildman–Crippen LogP) is 1.26. The molecule has 1 aromatic carbocycles. The van der Waals surface area contributed by atoms with Crippen LogP contribution in [0.2, 0.25) is 0 Å². The third-order valence-electron chi connectivity index (χ3n) is 4.14. The summed E-state index contributed by atoms with van der Waals surface area (Å²) in [5.41, 5.74) is 1.56. The van der Waals surface area contributed by atoms with Gasteiger partial charge in [-0.3, -0.25) is 4.79 Å². The van der Waals surface area contributed by atoms with Crippen LogP contribution >= 0.6 is 0 Å². The van der Waals surface area contributed by atoms with Crippen molar-refractivity contribution in [3.63, 3.8) is 0 Å². The lowest BCUT2D eigenvalue weighted by molar-refractivity contribution is -0.142. The monoisotopic (exact) mass is 321 g/mol. The van der Waals surface area contributed by atoms with E-state index in [-0.39, 0.29) is 19.1 Å². The maximum absolute atomic E-state index is 12.8. The minimum atomic E-state index is -1.02. The molecular weight excluding hydrogens is 298 g/mol. The summed E-state index contributed by atoms with van der Waals surface area (Å²) in [6.45, 7) is 3.24. The lowest BCUT2D eigenvalue weighted by Crippen LogP contribution is -2.48. The van der Waals surface area contributed by atoms with Crippen molar-refractivity contribution in [1.82, 2.24) is 5.32 Å². The lowest BCUT2D eigenvalue weighted by atomic mass is 9.73. The molecule has 23 heavy (non-hydrogen) atoms. The van der Waals surface area contributed by atoms with Gasteiger partial charge >= 0.3 is 5.97 Å². The van der Waals surface area contributed by atoms with E-state index in [4.69, 9.17) is 14.6 Å². The van der Waals surface area contributed by atoms with Gasteiger partial charge in [0.1, 0.15) is 6.61 Å². The van der Waals surface area contributed by atoms with E-state index >= 15 is 0 Å². The zero-order valence-corrected chi connectivity index (χ0v) is 13.3. The first-order valence-corrected chi connectivity index (χ1v) is 7.77. The third-order valence-corrected chi connectivity index (χ3v) is 4.14. The molecule has 0 saturated carbocycles. The van der Waals surface area contributed by atoms with E-state index in [1.54, 1.807) is 0 Å². The Balaban J connectivity index is 2.01. The van der Waals surface area contributed by atoms with Crippen LogP contribution in [0.5, 0.6) is 0 Å².